The summed E-state index contributed by atoms with van der Waals surface area (Å²) in [6.45, 7) is 0.812. The van der Waals surface area contributed by atoms with Gasteiger partial charge >= 0.3 is 0 Å². The van der Waals surface area contributed by atoms with Crippen molar-refractivity contribution >= 4 is 5.69 Å². The van der Waals surface area contributed by atoms with Gasteiger partial charge in [-0.1, -0.05) is 36.4 Å². The molecule has 3 rings (SSSR count). The van der Waals surface area contributed by atoms with Crippen LogP contribution in [-0.4, -0.2) is 11.4 Å². The molecule has 1 aliphatic heterocycles. The molecule has 0 radical (unpaired) electrons. The molecule has 2 N–H and O–H groups in total. The summed E-state index contributed by atoms with van der Waals surface area (Å²) < 4.78 is 28.5. The third-order valence-electron chi connectivity index (χ3n) is 3.64. The van der Waals surface area contributed by atoms with Gasteiger partial charge in [-0.25, -0.2) is 0 Å². The summed E-state index contributed by atoms with van der Waals surface area (Å²) in [5, 5.41) is 0. The van der Waals surface area contributed by atoms with Crippen molar-refractivity contribution in [3.8, 4) is 0 Å². The molecule has 0 aromatic heterocycles. The molecular formula is C16H16F2N2. The summed E-state index contributed by atoms with van der Waals surface area (Å²) in [7, 11) is 0. The largest absolute Gasteiger partial charge is 0.399 e. The normalized spacial score (nSPS) is 15.3. The number of hydrogen-bond donors (Lipinski definition) is 1. The third kappa shape index (κ3) is 2.51. The van der Waals surface area contributed by atoms with Gasteiger partial charge in [-0.2, -0.15) is 8.78 Å². The zero-order chi connectivity index (χ0) is 14.2. The first-order valence-corrected chi connectivity index (χ1v) is 6.57. The lowest BCUT2D eigenvalue weighted by molar-refractivity contribution is -0.0392. The molecule has 4 heteroatoms. The van der Waals surface area contributed by atoms with Crippen LogP contribution in [-0.2, 0) is 19.0 Å². The minimum absolute atomic E-state index is 0.0653. The van der Waals surface area contributed by atoms with Gasteiger partial charge < -0.3 is 5.73 Å². The highest BCUT2D eigenvalue weighted by atomic mass is 19.3. The third-order valence-corrected chi connectivity index (χ3v) is 3.64. The van der Waals surface area contributed by atoms with Crippen LogP contribution in [0, 0.1) is 0 Å². The summed E-state index contributed by atoms with van der Waals surface area (Å²) in [5.74, 6) is -2.84. The van der Waals surface area contributed by atoms with E-state index in [0.29, 0.717) is 18.8 Å². The van der Waals surface area contributed by atoms with Crippen molar-refractivity contribution in [2.75, 3.05) is 12.3 Å². The van der Waals surface area contributed by atoms with Gasteiger partial charge in [-0.15, -0.1) is 0 Å². The van der Waals surface area contributed by atoms with Crippen molar-refractivity contribution in [3.63, 3.8) is 0 Å². The van der Waals surface area contributed by atoms with Crippen molar-refractivity contribution in [1.82, 2.24) is 4.90 Å². The molecule has 2 nitrogen and oxygen atoms in total. The fourth-order valence-electron chi connectivity index (χ4n) is 2.65. The van der Waals surface area contributed by atoms with E-state index in [4.69, 9.17) is 5.73 Å². The van der Waals surface area contributed by atoms with Crippen LogP contribution in [0.25, 0.3) is 0 Å². The summed E-state index contributed by atoms with van der Waals surface area (Å²) in [6, 6.07) is 13.6. The first-order valence-electron chi connectivity index (χ1n) is 6.57. The lowest BCUT2D eigenvalue weighted by atomic mass is 10.1. The van der Waals surface area contributed by atoms with Crippen LogP contribution in [0.4, 0.5) is 14.5 Å². The smallest absolute Gasteiger partial charge is 0.285 e. The van der Waals surface area contributed by atoms with Crippen molar-refractivity contribution in [2.24, 2.45) is 0 Å². The number of nitrogens with two attached hydrogens (primary N) is 1. The Morgan fingerprint density at radius 3 is 2.45 bits per heavy atom. The zero-order valence-electron chi connectivity index (χ0n) is 11.0. The zero-order valence-corrected chi connectivity index (χ0v) is 11.0. The highest BCUT2D eigenvalue weighted by molar-refractivity contribution is 5.46. The molecule has 1 heterocycles. The van der Waals surface area contributed by atoms with E-state index >= 15 is 0 Å². The first kappa shape index (κ1) is 13.1. The average molecular weight is 274 g/mol. The van der Waals surface area contributed by atoms with Crippen LogP contribution in [0.5, 0.6) is 0 Å². The average Bonchev–Trinajstić information content (AvgIpc) is 2.80. The highest BCUT2D eigenvalue weighted by Crippen LogP contribution is 2.32. The quantitative estimate of drug-likeness (QED) is 0.869. The van der Waals surface area contributed by atoms with E-state index in [1.54, 1.807) is 23.1 Å². The second-order valence-electron chi connectivity index (χ2n) is 5.24. The van der Waals surface area contributed by atoms with Crippen molar-refractivity contribution in [2.45, 2.75) is 19.0 Å². The topological polar surface area (TPSA) is 29.3 Å². The van der Waals surface area contributed by atoms with Gasteiger partial charge in [-0.3, -0.25) is 4.90 Å². The number of nitrogens with zero attached hydrogens (tertiary/aromatic N) is 1. The van der Waals surface area contributed by atoms with Gasteiger partial charge in [0.05, 0.1) is 6.54 Å². The van der Waals surface area contributed by atoms with Gasteiger partial charge in [0.2, 0.25) is 0 Å². The Labute approximate surface area is 116 Å². The maximum atomic E-state index is 14.2. The van der Waals surface area contributed by atoms with Crippen molar-refractivity contribution in [3.05, 3.63) is 65.2 Å². The standard InChI is InChI=1S/C16H16F2N2/c17-16(18,14-4-2-1-3-5-14)11-20-9-12-6-7-15(19)8-13(12)10-20/h1-8H,9-11,19H2. The van der Waals surface area contributed by atoms with E-state index in [9.17, 15) is 8.78 Å². The number of nitrogen functional groups attached to an aromatic ring is 1. The molecule has 0 atom stereocenters. The van der Waals surface area contributed by atoms with Crippen LogP contribution in [0.15, 0.2) is 48.5 Å². The van der Waals surface area contributed by atoms with Crippen LogP contribution < -0.4 is 5.73 Å². The lowest BCUT2D eigenvalue weighted by Crippen LogP contribution is -2.31. The van der Waals surface area contributed by atoms with Gasteiger partial charge in [0, 0.05) is 24.3 Å². The Balaban J connectivity index is 1.74. The molecule has 0 amide bonds. The molecule has 104 valence electrons. The number of alkyl halides is 2. The monoisotopic (exact) mass is 274 g/mol. The molecule has 0 saturated heterocycles. The van der Waals surface area contributed by atoms with E-state index in [1.807, 2.05) is 18.2 Å². The second kappa shape index (κ2) is 4.87. The molecule has 0 spiro atoms. The number of rotatable bonds is 3. The Morgan fingerprint density at radius 2 is 1.70 bits per heavy atom. The fourth-order valence-corrected chi connectivity index (χ4v) is 2.65. The Hall–Kier alpha value is -1.94. The molecule has 0 unspecified atom stereocenters. The summed E-state index contributed by atoms with van der Waals surface area (Å²) in [6.07, 6.45) is 0. The molecular weight excluding hydrogens is 258 g/mol. The number of fused-ring (bicyclic) bond motifs is 1. The van der Waals surface area contributed by atoms with E-state index in [0.717, 1.165) is 11.1 Å². The Kier molecular flexibility index (Phi) is 3.18. The molecule has 0 aliphatic carbocycles. The minimum Gasteiger partial charge on any atom is -0.399 e. The lowest BCUT2D eigenvalue weighted by Gasteiger charge is -2.23. The molecule has 20 heavy (non-hydrogen) atoms. The van der Waals surface area contributed by atoms with E-state index in [-0.39, 0.29) is 12.1 Å². The van der Waals surface area contributed by atoms with Crippen molar-refractivity contribution in [1.29, 1.82) is 0 Å². The maximum absolute atomic E-state index is 14.2. The predicted molar refractivity (Wildman–Crippen MR) is 75.3 cm³/mol. The maximum Gasteiger partial charge on any atom is 0.285 e. The summed E-state index contributed by atoms with van der Waals surface area (Å²) in [4.78, 5) is 1.76. The van der Waals surface area contributed by atoms with Crippen LogP contribution in [0.2, 0.25) is 0 Å². The predicted octanol–water partition coefficient (Wildman–Crippen LogP) is 3.38. The van der Waals surface area contributed by atoms with E-state index < -0.39 is 5.92 Å². The van der Waals surface area contributed by atoms with E-state index in [1.165, 1.54) is 12.1 Å². The highest BCUT2D eigenvalue weighted by Gasteiger charge is 2.35. The van der Waals surface area contributed by atoms with Gasteiger partial charge in [0.25, 0.3) is 5.92 Å². The summed E-state index contributed by atoms with van der Waals surface area (Å²) >= 11 is 0. The second-order valence-corrected chi connectivity index (χ2v) is 5.24. The van der Waals surface area contributed by atoms with Crippen LogP contribution in [0.3, 0.4) is 0 Å². The Morgan fingerprint density at radius 1 is 1.00 bits per heavy atom. The molecule has 1 aliphatic rings. The molecule has 2 aromatic rings. The number of anilines is 1. The molecule has 0 fully saturated rings. The van der Waals surface area contributed by atoms with Gasteiger partial charge in [0.1, 0.15) is 0 Å². The van der Waals surface area contributed by atoms with Crippen molar-refractivity contribution < 1.29 is 8.78 Å². The molecule has 0 saturated carbocycles. The molecule has 0 bridgehead atoms. The SMILES string of the molecule is Nc1ccc2c(c1)CN(CC(F)(F)c1ccccc1)C2. The fraction of sp³-hybridized carbons (Fsp3) is 0.250. The van der Waals surface area contributed by atoms with E-state index in [2.05, 4.69) is 0 Å². The summed E-state index contributed by atoms with van der Waals surface area (Å²) in [5.41, 5.74) is 8.61. The number of hydrogen-bond acceptors (Lipinski definition) is 2. The van der Waals surface area contributed by atoms with Gasteiger partial charge in [0.15, 0.2) is 0 Å². The number of benzene rings is 2. The number of halogens is 2. The van der Waals surface area contributed by atoms with Gasteiger partial charge in [-0.05, 0) is 23.3 Å². The molecule has 2 aromatic carbocycles. The Bertz CT molecular complexity index is 611. The van der Waals surface area contributed by atoms with Crippen LogP contribution in [0.1, 0.15) is 16.7 Å². The first-order chi connectivity index (χ1) is 9.54. The van der Waals surface area contributed by atoms with Crippen LogP contribution >= 0.6 is 0 Å². The minimum atomic E-state index is -2.84.